The Morgan fingerprint density at radius 3 is 0.992 bits per heavy atom. The fraction of sp³-hybridized carbons (Fsp3) is 0.948. The van der Waals surface area contributed by atoms with Crippen molar-refractivity contribution in [2.75, 3.05) is 11.5 Å². The number of aliphatic hydroxyl groups is 3. The number of hydrogen-bond acceptors (Lipinski definition) is 10. The van der Waals surface area contributed by atoms with E-state index in [0.717, 1.165) is 147 Å². The number of carbonyl (C=O) groups is 1. The topological polar surface area (TPSA) is 163 Å². The molecular weight excluding hydrogens is 1570 g/mol. The first-order valence-electron chi connectivity index (χ1n) is 52.0. The molecule has 1 saturated heterocycles. The molecule has 1 atom stereocenters. The van der Waals surface area contributed by atoms with Crippen LogP contribution in [0.4, 0.5) is 0 Å². The maximum Gasteiger partial charge on any atom is 0.373 e. The maximum atomic E-state index is 11.2. The van der Waals surface area contributed by atoms with Gasteiger partial charge < -0.3 is 20.2 Å². The summed E-state index contributed by atoms with van der Waals surface area (Å²) >= 11 is 0. The van der Waals surface area contributed by atoms with Gasteiger partial charge in [-0.25, -0.2) is 5.48 Å². The Bertz CT molecular complexity index is 3200. The van der Waals surface area contributed by atoms with E-state index < -0.39 is 9.52 Å². The molecule has 126 heavy (non-hydrogen) atoms. The Balaban J connectivity index is 0.000000687. The Kier molecular flexibility index (Phi) is 47.1. The summed E-state index contributed by atoms with van der Waals surface area (Å²) in [4.78, 5) is 36.4. The summed E-state index contributed by atoms with van der Waals surface area (Å²) in [6.07, 6.45) is 48.5. The van der Waals surface area contributed by atoms with Crippen LogP contribution >= 0.6 is 0 Å². The minimum absolute atomic E-state index is 0.00229. The summed E-state index contributed by atoms with van der Waals surface area (Å²) < 4.78 is 11.2. The Morgan fingerprint density at radius 1 is 0.444 bits per heavy atom. The van der Waals surface area contributed by atoms with Gasteiger partial charge in [0.2, 0.25) is 5.88 Å². The van der Waals surface area contributed by atoms with Gasteiger partial charge >= 0.3 is 6.15 Å². The van der Waals surface area contributed by atoms with Crippen LogP contribution in [0, 0.1) is 140 Å². The van der Waals surface area contributed by atoms with Crippen LogP contribution in [-0.2, 0) is 28.7 Å². The number of amidine groups is 1. The molecule has 0 radical (unpaired) electrons. The van der Waals surface area contributed by atoms with Gasteiger partial charge in [0.05, 0.1) is 16.8 Å². The number of rotatable bonds is 9. The van der Waals surface area contributed by atoms with Crippen LogP contribution in [0.2, 0.25) is 0 Å². The molecule has 10 nitrogen and oxygen atoms in total. The number of hydroxylamine groups is 1. The number of carbonyl (C=O) groups excluding carboxylic acids is 3. The van der Waals surface area contributed by atoms with Crippen molar-refractivity contribution in [1.29, 1.82) is 0 Å². The van der Waals surface area contributed by atoms with Crippen LogP contribution in [0.1, 0.15) is 528 Å². The van der Waals surface area contributed by atoms with E-state index in [1.165, 1.54) is 161 Å². The summed E-state index contributed by atoms with van der Waals surface area (Å²) in [5, 5.41) is 29.4. The van der Waals surface area contributed by atoms with E-state index in [2.05, 4.69) is 307 Å². The molecule has 1 spiro atoms. The van der Waals surface area contributed by atoms with E-state index in [1.54, 1.807) is 6.92 Å². The van der Waals surface area contributed by atoms with Gasteiger partial charge in [-0.1, -0.05) is 355 Å². The van der Waals surface area contributed by atoms with Crippen molar-refractivity contribution in [2.24, 2.45) is 145 Å². The third kappa shape index (κ3) is 53.3. The Hall–Kier alpha value is -2.04. The second kappa shape index (κ2) is 48.6. The zero-order valence-electron chi connectivity index (χ0n) is 92.5. The highest BCUT2D eigenvalue weighted by molar-refractivity contribution is 8.01. The van der Waals surface area contributed by atoms with E-state index in [1.807, 2.05) is 0 Å². The molecule has 12 fully saturated rings. The smallest absolute Gasteiger partial charge is 0.373 e. The van der Waals surface area contributed by atoms with Gasteiger partial charge in [-0.05, 0) is 325 Å². The summed E-state index contributed by atoms with van der Waals surface area (Å²) in [6.45, 7) is 98.9. The van der Waals surface area contributed by atoms with E-state index >= 15 is 0 Å². The average molecular weight is 1790 g/mol. The lowest BCUT2D eigenvalue weighted by Crippen LogP contribution is -2.43. The molecule has 746 valence electrons. The molecule has 0 bridgehead atoms. The Morgan fingerprint density at radius 2 is 0.794 bits per heavy atom. The quantitative estimate of drug-likeness (QED) is 0.165. The first kappa shape index (κ1) is 122. The van der Waals surface area contributed by atoms with Gasteiger partial charge in [-0.15, -0.1) is 0 Å². The predicted molar refractivity (Wildman–Crippen MR) is 551 cm³/mol. The monoisotopic (exact) mass is 1790 g/mol. The van der Waals surface area contributed by atoms with Gasteiger partial charge in [0.25, 0.3) is 0 Å². The average Bonchev–Trinajstić information content (AvgIpc) is 1.57. The van der Waals surface area contributed by atoms with Gasteiger partial charge in [0, 0.05) is 22.8 Å². The maximum absolute atomic E-state index is 11.2. The predicted octanol–water partition coefficient (Wildman–Crippen LogP) is 33.5. The molecule has 0 aromatic heterocycles. The first-order chi connectivity index (χ1) is 56.3. The van der Waals surface area contributed by atoms with Crippen molar-refractivity contribution >= 4 is 33.2 Å². The first-order valence-corrected chi connectivity index (χ1v) is 54.0. The largest absolute Gasteiger partial charge is 0.390 e. The molecule has 2 heterocycles. The zero-order chi connectivity index (χ0) is 98.4. The van der Waals surface area contributed by atoms with E-state index in [9.17, 15) is 24.3 Å². The van der Waals surface area contributed by atoms with E-state index in [-0.39, 0.29) is 44.6 Å². The summed E-state index contributed by atoms with van der Waals surface area (Å²) in [7, 11) is -1.61. The van der Waals surface area contributed by atoms with Crippen molar-refractivity contribution in [1.82, 2.24) is 5.48 Å². The zero-order valence-corrected chi connectivity index (χ0v) is 93.3. The van der Waals surface area contributed by atoms with Crippen LogP contribution < -0.4 is 5.48 Å². The van der Waals surface area contributed by atoms with Crippen LogP contribution in [0.25, 0.3) is 0 Å². The minimum Gasteiger partial charge on any atom is -0.390 e. The number of nitrogens with one attached hydrogen (secondary N) is 1. The highest BCUT2D eigenvalue weighted by Gasteiger charge is 2.58. The lowest BCUT2D eigenvalue weighted by Gasteiger charge is -2.43. The van der Waals surface area contributed by atoms with Gasteiger partial charge in [-0.2, -0.15) is 14.6 Å². The number of Topliss-reactive ketones (excluding diaryl/α,β-unsaturated/α-hetero) is 1. The molecule has 4 N–H and O–H groups in total. The molecule has 13 rings (SSSR count). The van der Waals surface area contributed by atoms with Crippen molar-refractivity contribution in [2.45, 2.75) is 545 Å². The molecule has 11 aliphatic carbocycles. The molecule has 1 unspecified atom stereocenters. The minimum atomic E-state index is -1.61. The molecule has 13 aliphatic rings. The second-order valence-electron chi connectivity index (χ2n) is 58.9. The standard InChI is InChI=1S/C12H22.C11H20N2O.C11H22O.C10H18O.2C10H20.C9H18O.C9H18.C8H16OS.C8H16O.2C8H16.CO2/c1-11(2,3)10-9-12(10)7-5-4-6-8-12;1-8-12-9(13-14-8)11(5,6)7-10(2,3)4;1-10(2,3)9-11(12)7-5-4-6-8-11;1-7(11)8-5-9(6-8)10(2,3)4;1-9(2,3)8-10(4)6-5-7-10;1-5-8-6-9(7-8)10(2,3)4;1-8(2,3)7-9(10)5-4-6-9;1-7-5-8(6-7)9(2,3)4;1-8(2,3)7-5-10(4,9)6-7;1-7(2,3)6-8(9)4-5-8;1-8(2,3)6-7-4-5-7;1-8(2,3)7-5-4-6-7;2-1-3/h10H,4-9H2,1-3H3;1,7H2,2-6H3,(H,12,13);12H,4-9H2,1-3H3;8-9H,5-6H2,1-4H3;5-8H2,1-4H3;8-9H,5-7H2,1-4H3;10H,4-7H2,1-3H3;7-8H,5-6H2,1-4H3;7H,4-6H2,1-3H3;9H,4-6H2,1-3H3;2*7H,4-6H2,1-3H3;. The fourth-order valence-electron chi connectivity index (χ4n) is 21.7. The van der Waals surface area contributed by atoms with Crippen LogP contribution in [-0.4, -0.2) is 71.5 Å². The summed E-state index contributed by atoms with van der Waals surface area (Å²) in [5.41, 5.74) is 8.78. The fourth-order valence-corrected chi connectivity index (χ4v) is 24.1. The number of ketones is 1. The molecular formula is C115H222N2O8S. The number of nitrogens with zero attached hydrogens (tertiary/aromatic N) is 1. The molecule has 0 aromatic rings. The third-order valence-corrected chi connectivity index (χ3v) is 31.9. The highest BCUT2D eigenvalue weighted by Crippen LogP contribution is 2.67. The van der Waals surface area contributed by atoms with Crippen LogP contribution in [0.15, 0.2) is 17.5 Å². The molecule has 0 amide bonds. The van der Waals surface area contributed by atoms with E-state index in [0.29, 0.717) is 77.7 Å². The molecule has 2 aliphatic heterocycles. The van der Waals surface area contributed by atoms with Crippen molar-refractivity contribution in [3.63, 3.8) is 0 Å². The lowest BCUT2D eigenvalue weighted by atomic mass is 9.62. The molecule has 0 aromatic carbocycles. The number of aliphatic imine (C=N–C) groups is 1. The van der Waals surface area contributed by atoms with Gasteiger partial charge in [0.1, 0.15) is 11.6 Å². The summed E-state index contributed by atoms with van der Waals surface area (Å²) in [6, 6.07) is 0. The van der Waals surface area contributed by atoms with Crippen LogP contribution in [0.5, 0.6) is 0 Å². The lowest BCUT2D eigenvalue weighted by molar-refractivity contribution is -0.191. The summed E-state index contributed by atoms with van der Waals surface area (Å²) in [5.74, 6) is 16.1. The van der Waals surface area contributed by atoms with Gasteiger partial charge in [-0.3, -0.25) is 9.00 Å². The molecule has 11 heteroatoms. The van der Waals surface area contributed by atoms with Gasteiger partial charge in [0.15, 0.2) is 0 Å². The SMILES string of the molecule is C=C1N=C(C(C)(C)CC(C)(C)C)NO1.C=S1(=O)CC(C(C)(C)C)C1.CC(=O)C1CC(C(C)(C)C)C1.CC(C)(C)C1CC12CCCCC2.CC(C)(C)C1CCC1.CC(C)(C)CC1(C)CCC1.CC(C)(C)CC1(O)CC1.CC(C)(C)CC1(O)CCC1.CC(C)(C)CC1(O)CCCCC1.CC(C)(C)CC1CC1.CC1CC(C(C)(C)C)C1.CCC1CC(C(C)(C)C)C1.O=C=O. The van der Waals surface area contributed by atoms with E-state index in [4.69, 9.17) is 14.4 Å². The normalized spacial score (nSPS) is 27.1. The molecule has 11 saturated carbocycles. The van der Waals surface area contributed by atoms with Crippen LogP contribution in [0.3, 0.4) is 0 Å². The highest BCUT2D eigenvalue weighted by atomic mass is 32.2. The van der Waals surface area contributed by atoms with Crippen molar-refractivity contribution in [3.05, 3.63) is 12.5 Å². The van der Waals surface area contributed by atoms with Crippen molar-refractivity contribution in [3.8, 4) is 0 Å². The number of hydrogen-bond donors (Lipinski definition) is 4. The Labute approximate surface area is 787 Å². The second-order valence-corrected chi connectivity index (χ2v) is 61.5. The third-order valence-electron chi connectivity index (χ3n) is 29.9. The van der Waals surface area contributed by atoms with Crippen molar-refractivity contribution < 1.29 is 38.7 Å².